The molecule has 142 valence electrons. The summed E-state index contributed by atoms with van der Waals surface area (Å²) in [6.07, 6.45) is 3.03. The summed E-state index contributed by atoms with van der Waals surface area (Å²) in [7, 11) is -3.44. The lowest BCUT2D eigenvalue weighted by Crippen LogP contribution is -2.34. The van der Waals surface area contributed by atoms with Crippen LogP contribution in [0.1, 0.15) is 33.6 Å². The lowest BCUT2D eigenvalue weighted by atomic mass is 10.1. The summed E-state index contributed by atoms with van der Waals surface area (Å²) in [5.74, 6) is -0.831. The smallest absolute Gasteiger partial charge is 0.261 e. The molecule has 0 unspecified atom stereocenters. The van der Waals surface area contributed by atoms with Gasteiger partial charge in [0.05, 0.1) is 16.9 Å². The topological polar surface area (TPSA) is 95.6 Å². The first kappa shape index (κ1) is 20.6. The van der Waals surface area contributed by atoms with Crippen LogP contribution in [-0.4, -0.2) is 57.1 Å². The van der Waals surface area contributed by atoms with Gasteiger partial charge in [0.15, 0.2) is 0 Å². The van der Waals surface area contributed by atoms with Gasteiger partial charge in [-0.3, -0.25) is 14.5 Å². The van der Waals surface area contributed by atoms with E-state index in [1.165, 1.54) is 0 Å². The third-order valence-corrected chi connectivity index (χ3v) is 5.76. The van der Waals surface area contributed by atoms with Crippen molar-refractivity contribution in [3.05, 3.63) is 47.0 Å². The van der Waals surface area contributed by atoms with Gasteiger partial charge in [-0.25, -0.2) is 13.1 Å². The van der Waals surface area contributed by atoms with Crippen LogP contribution < -0.4 is 10.0 Å². The third kappa shape index (κ3) is 4.70. The quantitative estimate of drug-likeness (QED) is 0.525. The molecular formula is C17H22ClN3O4S. The number of carbonyl (C=O) groups excluding carboxylic acids is 2. The summed E-state index contributed by atoms with van der Waals surface area (Å²) >= 11 is 0. The standard InChI is InChI=1S/C17H21N3O4S.ClH/c21-16-14-4-1-2-5-15(14)17(22)20(16)10-3-11-25(23,24)19-12-13-6-8-18-9-7-13;/h1-2,4-6,18-19H,3,7-12H2;1H. The summed E-state index contributed by atoms with van der Waals surface area (Å²) < 4.78 is 26.8. The minimum absolute atomic E-state index is 0. The van der Waals surface area contributed by atoms with Gasteiger partial charge in [0, 0.05) is 19.6 Å². The van der Waals surface area contributed by atoms with Gasteiger partial charge >= 0.3 is 0 Å². The zero-order valence-electron chi connectivity index (χ0n) is 14.2. The Kier molecular flexibility index (Phi) is 6.94. The second-order valence-electron chi connectivity index (χ2n) is 6.12. The number of rotatable bonds is 7. The number of amides is 2. The molecule has 2 N–H and O–H groups in total. The number of nitrogens with one attached hydrogen (secondary N) is 2. The van der Waals surface area contributed by atoms with Crippen molar-refractivity contribution in [2.75, 3.05) is 31.9 Å². The summed E-state index contributed by atoms with van der Waals surface area (Å²) in [4.78, 5) is 25.6. The van der Waals surface area contributed by atoms with Gasteiger partial charge in [0.25, 0.3) is 11.8 Å². The van der Waals surface area contributed by atoms with E-state index < -0.39 is 10.0 Å². The highest BCUT2D eigenvalue weighted by Crippen LogP contribution is 2.22. The number of nitrogens with zero attached hydrogens (tertiary/aromatic N) is 1. The predicted octanol–water partition coefficient (Wildman–Crippen LogP) is 0.934. The van der Waals surface area contributed by atoms with E-state index in [4.69, 9.17) is 0 Å². The molecule has 9 heteroatoms. The number of fused-ring (bicyclic) bond motifs is 1. The van der Waals surface area contributed by atoms with E-state index in [0.717, 1.165) is 30.0 Å². The highest BCUT2D eigenvalue weighted by atomic mass is 35.5. The Bertz CT molecular complexity index is 788. The number of benzene rings is 1. The normalized spacial score (nSPS) is 16.9. The Morgan fingerprint density at radius 2 is 1.77 bits per heavy atom. The fraction of sp³-hybridized carbons (Fsp3) is 0.412. The molecule has 1 aromatic carbocycles. The number of carbonyl (C=O) groups is 2. The lowest BCUT2D eigenvalue weighted by Gasteiger charge is -2.16. The molecule has 26 heavy (non-hydrogen) atoms. The molecular weight excluding hydrogens is 378 g/mol. The maximum absolute atomic E-state index is 12.2. The molecule has 1 aromatic rings. The third-order valence-electron chi connectivity index (χ3n) is 4.35. The maximum Gasteiger partial charge on any atom is 0.261 e. The van der Waals surface area contributed by atoms with Crippen LogP contribution >= 0.6 is 12.4 Å². The zero-order valence-corrected chi connectivity index (χ0v) is 15.9. The van der Waals surface area contributed by atoms with Gasteiger partial charge in [-0.1, -0.05) is 23.8 Å². The van der Waals surface area contributed by atoms with Crippen LogP contribution in [0, 0.1) is 0 Å². The Labute approximate surface area is 159 Å². The van der Waals surface area contributed by atoms with Crippen molar-refractivity contribution in [2.45, 2.75) is 12.8 Å². The van der Waals surface area contributed by atoms with Crippen LogP contribution in [0.15, 0.2) is 35.9 Å². The fourth-order valence-corrected chi connectivity index (χ4v) is 4.02. The number of hydrogen-bond acceptors (Lipinski definition) is 5. The van der Waals surface area contributed by atoms with Gasteiger partial charge in [-0.05, 0) is 31.5 Å². The SMILES string of the molecule is Cl.O=C1c2ccccc2C(=O)N1CCCS(=O)(=O)NCC1=CCNCC1. The van der Waals surface area contributed by atoms with E-state index in [2.05, 4.69) is 10.0 Å². The number of halogens is 1. The van der Waals surface area contributed by atoms with Crippen LogP contribution in [0.5, 0.6) is 0 Å². The van der Waals surface area contributed by atoms with Crippen LogP contribution in [0.2, 0.25) is 0 Å². The zero-order chi connectivity index (χ0) is 17.9. The summed E-state index contributed by atoms with van der Waals surface area (Å²) in [5, 5.41) is 3.17. The van der Waals surface area contributed by atoms with Crippen LogP contribution in [0.4, 0.5) is 0 Å². The molecule has 2 aliphatic rings. The van der Waals surface area contributed by atoms with Crippen molar-refractivity contribution in [1.29, 1.82) is 0 Å². The first-order chi connectivity index (χ1) is 12.0. The summed E-state index contributed by atoms with van der Waals surface area (Å²) in [6.45, 7) is 2.03. The van der Waals surface area contributed by atoms with Crippen LogP contribution in [0.25, 0.3) is 0 Å². The molecule has 0 aliphatic carbocycles. The van der Waals surface area contributed by atoms with E-state index >= 15 is 0 Å². The fourth-order valence-electron chi connectivity index (χ4n) is 2.96. The van der Waals surface area contributed by atoms with Gasteiger partial charge in [0.2, 0.25) is 10.0 Å². The van der Waals surface area contributed by atoms with Crippen molar-refractivity contribution < 1.29 is 18.0 Å². The first-order valence-electron chi connectivity index (χ1n) is 8.29. The van der Waals surface area contributed by atoms with Crippen LogP contribution in [-0.2, 0) is 10.0 Å². The van der Waals surface area contributed by atoms with Gasteiger partial charge in [-0.2, -0.15) is 0 Å². The minimum Gasteiger partial charge on any atom is -0.313 e. The van der Waals surface area contributed by atoms with Gasteiger partial charge in [-0.15, -0.1) is 12.4 Å². The molecule has 0 fully saturated rings. The summed E-state index contributed by atoms with van der Waals surface area (Å²) in [5.41, 5.74) is 1.83. The maximum atomic E-state index is 12.2. The van der Waals surface area contributed by atoms with E-state index in [-0.39, 0.29) is 42.9 Å². The Morgan fingerprint density at radius 3 is 2.35 bits per heavy atom. The average molecular weight is 400 g/mol. The molecule has 0 radical (unpaired) electrons. The molecule has 0 saturated carbocycles. The minimum atomic E-state index is -3.44. The van der Waals surface area contributed by atoms with Gasteiger partial charge < -0.3 is 5.32 Å². The molecule has 0 atom stereocenters. The number of hydrogen-bond donors (Lipinski definition) is 2. The second-order valence-corrected chi connectivity index (χ2v) is 8.04. The Balaban J connectivity index is 0.00000243. The summed E-state index contributed by atoms with van der Waals surface area (Å²) in [6, 6.07) is 6.63. The first-order valence-corrected chi connectivity index (χ1v) is 9.94. The largest absolute Gasteiger partial charge is 0.313 e. The molecule has 0 saturated heterocycles. The molecule has 2 heterocycles. The van der Waals surface area contributed by atoms with E-state index in [9.17, 15) is 18.0 Å². The van der Waals surface area contributed by atoms with Crippen molar-refractivity contribution >= 4 is 34.2 Å². The highest BCUT2D eigenvalue weighted by molar-refractivity contribution is 7.89. The molecule has 3 rings (SSSR count). The molecule has 7 nitrogen and oxygen atoms in total. The molecule has 0 aromatic heterocycles. The second kappa shape index (κ2) is 8.77. The van der Waals surface area contributed by atoms with E-state index in [0.29, 0.717) is 17.7 Å². The lowest BCUT2D eigenvalue weighted by molar-refractivity contribution is 0.0654. The monoisotopic (exact) mass is 399 g/mol. The van der Waals surface area contributed by atoms with Crippen molar-refractivity contribution in [3.8, 4) is 0 Å². The molecule has 0 spiro atoms. The molecule has 2 amide bonds. The molecule has 0 bridgehead atoms. The molecule has 2 aliphatic heterocycles. The Morgan fingerprint density at radius 1 is 1.12 bits per heavy atom. The van der Waals surface area contributed by atoms with Crippen molar-refractivity contribution in [1.82, 2.24) is 14.9 Å². The highest BCUT2D eigenvalue weighted by Gasteiger charge is 2.34. The van der Waals surface area contributed by atoms with Gasteiger partial charge in [0.1, 0.15) is 0 Å². The van der Waals surface area contributed by atoms with E-state index in [1.807, 2.05) is 6.08 Å². The van der Waals surface area contributed by atoms with Crippen molar-refractivity contribution in [3.63, 3.8) is 0 Å². The number of sulfonamides is 1. The van der Waals surface area contributed by atoms with Crippen molar-refractivity contribution in [2.24, 2.45) is 0 Å². The average Bonchev–Trinajstić information content (AvgIpc) is 2.86. The Hall–Kier alpha value is -1.74. The predicted molar refractivity (Wildman–Crippen MR) is 101 cm³/mol. The van der Waals surface area contributed by atoms with Crippen LogP contribution in [0.3, 0.4) is 0 Å². The number of imide groups is 1. The van der Waals surface area contributed by atoms with E-state index in [1.54, 1.807) is 24.3 Å².